The minimum absolute atomic E-state index is 0.141. The molecule has 0 saturated carbocycles. The summed E-state index contributed by atoms with van der Waals surface area (Å²) in [5.74, 6) is 1.17. The van der Waals surface area contributed by atoms with Gasteiger partial charge >= 0.3 is 0 Å². The van der Waals surface area contributed by atoms with Gasteiger partial charge < -0.3 is 31.9 Å². The smallest absolute Gasteiger partial charge is 0.256 e. The van der Waals surface area contributed by atoms with Crippen LogP contribution in [0.2, 0.25) is 0 Å². The fourth-order valence-corrected chi connectivity index (χ4v) is 4.32. The molecular weight excluding hydrogens is 506 g/mol. The zero-order valence-corrected chi connectivity index (χ0v) is 23.9. The average molecular weight is 546 g/mol. The van der Waals surface area contributed by atoms with Crippen molar-refractivity contribution in [2.24, 2.45) is 26.4 Å². The maximum Gasteiger partial charge on any atom is 0.256 e. The molecule has 1 fully saturated rings. The summed E-state index contributed by atoms with van der Waals surface area (Å²) in [7, 11) is 2.10. The molecule has 2 aromatic rings. The standard InChI is InChI=1S/C28H39N11O/c1-7-31-22-23(34-27(35-24(22)29)39-12-8-11-38(6)13-14-39)25(30)32-19-15-18(10-9-17(19)2)26(40)33-21-16-20(36-37-21)28(3,4)5/h7,9-10,15-16,32H,1,8,11-14,30H2,2-6H3,(H2,29,34,35)(H2,33,36,37,40)/b25-23-,31-22+. The highest BCUT2D eigenvalue weighted by atomic mass is 16.1. The second-order valence-electron chi connectivity index (χ2n) is 11.0. The molecule has 3 heterocycles. The number of aromatic nitrogens is 2. The molecule has 2 aliphatic rings. The number of H-pyrrole nitrogens is 1. The number of benzene rings is 1. The molecule has 0 bridgehead atoms. The van der Waals surface area contributed by atoms with Gasteiger partial charge in [-0.2, -0.15) is 10.1 Å². The van der Waals surface area contributed by atoms with Crippen LogP contribution in [0.1, 0.15) is 48.8 Å². The highest BCUT2D eigenvalue weighted by molar-refractivity contribution is 6.49. The van der Waals surface area contributed by atoms with E-state index in [1.54, 1.807) is 12.1 Å². The lowest BCUT2D eigenvalue weighted by Crippen LogP contribution is -2.40. The SMILES string of the molecule is C=C/N=C1/C(N)=NC(N2CCCN(C)CC2)=N/C1=C(/N)Nc1cc(C(=O)Nc2cc(C(C)(C)C)n[nH]2)ccc1C. The van der Waals surface area contributed by atoms with Crippen LogP contribution in [-0.4, -0.2) is 76.6 Å². The number of guanidine groups is 1. The molecule has 7 N–H and O–H groups in total. The number of nitrogens with one attached hydrogen (secondary N) is 3. The van der Waals surface area contributed by atoms with E-state index in [9.17, 15) is 4.79 Å². The van der Waals surface area contributed by atoms with Crippen molar-refractivity contribution in [2.45, 2.75) is 39.5 Å². The number of carbonyl (C=O) groups is 1. The summed E-state index contributed by atoms with van der Waals surface area (Å²) < 4.78 is 0. The minimum atomic E-state index is -0.284. The van der Waals surface area contributed by atoms with Gasteiger partial charge in [-0.1, -0.05) is 33.4 Å². The zero-order valence-electron chi connectivity index (χ0n) is 23.9. The van der Waals surface area contributed by atoms with Crippen LogP contribution in [-0.2, 0) is 5.41 Å². The number of rotatable bonds is 5. The third kappa shape index (κ3) is 6.57. The molecule has 12 heteroatoms. The van der Waals surface area contributed by atoms with E-state index in [1.807, 2.05) is 19.1 Å². The zero-order chi connectivity index (χ0) is 29.0. The number of nitrogens with zero attached hydrogens (tertiary/aromatic N) is 6. The molecule has 0 radical (unpaired) electrons. The normalized spacial score (nSPS) is 19.0. The van der Waals surface area contributed by atoms with Crippen LogP contribution in [0.15, 0.2) is 63.5 Å². The second kappa shape index (κ2) is 11.7. The summed E-state index contributed by atoms with van der Waals surface area (Å²) in [6.45, 7) is 15.2. The first-order chi connectivity index (χ1) is 19.0. The van der Waals surface area contributed by atoms with Gasteiger partial charge in [-0.15, -0.1) is 0 Å². The third-order valence-electron chi connectivity index (χ3n) is 6.74. The Bertz CT molecular complexity index is 1410. The molecule has 2 aliphatic heterocycles. The van der Waals surface area contributed by atoms with E-state index < -0.39 is 0 Å². The fourth-order valence-electron chi connectivity index (χ4n) is 4.32. The monoisotopic (exact) mass is 545 g/mol. The Morgan fingerprint density at radius 1 is 1.15 bits per heavy atom. The van der Waals surface area contributed by atoms with Crippen LogP contribution in [0, 0.1) is 6.92 Å². The fraction of sp³-hybridized carbons (Fsp3) is 0.393. The van der Waals surface area contributed by atoms with E-state index in [0.29, 0.717) is 34.4 Å². The van der Waals surface area contributed by atoms with Gasteiger partial charge in [-0.05, 0) is 44.6 Å². The van der Waals surface area contributed by atoms with Crippen LogP contribution < -0.4 is 22.1 Å². The summed E-state index contributed by atoms with van der Waals surface area (Å²) in [5.41, 5.74) is 16.3. The Morgan fingerprint density at radius 3 is 2.62 bits per heavy atom. The number of amidine groups is 1. The Labute approximate surface area is 235 Å². The number of aromatic amines is 1. The van der Waals surface area contributed by atoms with Gasteiger partial charge in [0.2, 0.25) is 5.96 Å². The number of aryl methyl sites for hydroxylation is 1. The maximum atomic E-state index is 13.1. The molecule has 0 aliphatic carbocycles. The first kappa shape index (κ1) is 28.6. The third-order valence-corrected chi connectivity index (χ3v) is 6.74. The highest BCUT2D eigenvalue weighted by Crippen LogP contribution is 2.24. The van der Waals surface area contributed by atoms with E-state index in [-0.39, 0.29) is 23.0 Å². The first-order valence-corrected chi connectivity index (χ1v) is 13.3. The van der Waals surface area contributed by atoms with Crippen molar-refractivity contribution < 1.29 is 4.79 Å². The van der Waals surface area contributed by atoms with Crippen molar-refractivity contribution in [2.75, 3.05) is 43.9 Å². The Morgan fingerprint density at radius 2 is 1.93 bits per heavy atom. The van der Waals surface area contributed by atoms with Gasteiger partial charge in [0.25, 0.3) is 5.91 Å². The van der Waals surface area contributed by atoms with Crippen LogP contribution in [0.4, 0.5) is 11.5 Å². The molecule has 0 spiro atoms. The largest absolute Gasteiger partial charge is 0.383 e. The van der Waals surface area contributed by atoms with Crippen molar-refractivity contribution in [3.8, 4) is 0 Å². The number of carbonyl (C=O) groups excluding carboxylic acids is 1. The van der Waals surface area contributed by atoms with Crippen molar-refractivity contribution >= 4 is 34.9 Å². The van der Waals surface area contributed by atoms with E-state index in [0.717, 1.165) is 43.9 Å². The Balaban J connectivity index is 1.61. The lowest BCUT2D eigenvalue weighted by molar-refractivity contribution is 0.102. The topological polar surface area (TPSA) is 165 Å². The van der Waals surface area contributed by atoms with E-state index in [1.165, 1.54) is 6.20 Å². The van der Waals surface area contributed by atoms with Crippen LogP contribution in [0.25, 0.3) is 0 Å². The predicted octanol–water partition coefficient (Wildman–Crippen LogP) is 2.76. The van der Waals surface area contributed by atoms with Gasteiger partial charge in [0.1, 0.15) is 23.0 Å². The average Bonchev–Trinajstić information content (AvgIpc) is 3.27. The highest BCUT2D eigenvalue weighted by Gasteiger charge is 2.26. The van der Waals surface area contributed by atoms with Crippen molar-refractivity contribution in [3.05, 3.63) is 65.4 Å². The van der Waals surface area contributed by atoms with Crippen molar-refractivity contribution in [1.29, 1.82) is 0 Å². The molecule has 0 unspecified atom stereocenters. The van der Waals surface area contributed by atoms with Crippen molar-refractivity contribution in [1.82, 2.24) is 20.0 Å². The molecule has 212 valence electrons. The number of hydrogen-bond donors (Lipinski definition) is 5. The molecule has 4 rings (SSSR count). The van der Waals surface area contributed by atoms with Gasteiger partial charge in [0, 0.05) is 48.6 Å². The molecule has 1 saturated heterocycles. The van der Waals surface area contributed by atoms with Gasteiger partial charge in [0.15, 0.2) is 5.84 Å². The summed E-state index contributed by atoms with van der Waals surface area (Å²) in [5, 5.41) is 13.3. The van der Waals surface area contributed by atoms with Gasteiger partial charge in [0.05, 0.1) is 5.69 Å². The molecule has 1 aromatic heterocycles. The lowest BCUT2D eigenvalue weighted by atomic mass is 9.92. The van der Waals surface area contributed by atoms with Crippen LogP contribution in [0.5, 0.6) is 0 Å². The molecule has 1 aromatic carbocycles. The van der Waals surface area contributed by atoms with Crippen LogP contribution in [0.3, 0.4) is 0 Å². The van der Waals surface area contributed by atoms with E-state index >= 15 is 0 Å². The number of aliphatic imine (C=N–C) groups is 3. The maximum absolute atomic E-state index is 13.1. The lowest BCUT2D eigenvalue weighted by Gasteiger charge is -2.25. The number of hydrogen-bond acceptors (Lipinski definition) is 10. The Kier molecular flexibility index (Phi) is 8.38. The molecule has 12 nitrogen and oxygen atoms in total. The second-order valence-corrected chi connectivity index (χ2v) is 11.0. The first-order valence-electron chi connectivity index (χ1n) is 13.3. The molecular formula is C28H39N11O. The van der Waals surface area contributed by atoms with Gasteiger partial charge in [-0.3, -0.25) is 14.9 Å². The quantitative estimate of drug-likeness (QED) is 0.385. The van der Waals surface area contributed by atoms with Crippen molar-refractivity contribution in [3.63, 3.8) is 0 Å². The van der Waals surface area contributed by atoms with E-state index in [4.69, 9.17) is 16.5 Å². The minimum Gasteiger partial charge on any atom is -0.383 e. The molecule has 0 atom stereocenters. The summed E-state index contributed by atoms with van der Waals surface area (Å²) in [6.07, 6.45) is 2.36. The van der Waals surface area contributed by atoms with Gasteiger partial charge in [-0.25, -0.2) is 4.99 Å². The Hall–Kier alpha value is -4.45. The number of amides is 1. The summed E-state index contributed by atoms with van der Waals surface area (Å²) in [4.78, 5) is 31.0. The molecule has 40 heavy (non-hydrogen) atoms. The van der Waals surface area contributed by atoms with E-state index in [2.05, 4.69) is 75.0 Å². The number of anilines is 2. The number of nitrogens with two attached hydrogens (primary N) is 2. The predicted molar refractivity (Wildman–Crippen MR) is 162 cm³/mol. The molecule has 1 amide bonds. The summed E-state index contributed by atoms with van der Waals surface area (Å²) in [6, 6.07) is 7.17. The van der Waals surface area contributed by atoms with Crippen LogP contribution >= 0.6 is 0 Å². The number of likely N-dealkylation sites (N-methyl/N-ethyl adjacent to an activating group) is 1. The summed E-state index contributed by atoms with van der Waals surface area (Å²) >= 11 is 0.